The molecule has 5 rings (SSSR count). The Bertz CT molecular complexity index is 1360. The van der Waals surface area contributed by atoms with Crippen molar-refractivity contribution in [3.05, 3.63) is 74.0 Å². The molecule has 0 radical (unpaired) electrons. The molecule has 7 nitrogen and oxygen atoms in total. The average molecular weight is 411 g/mol. The second-order valence-corrected chi connectivity index (χ2v) is 7.87. The quantitative estimate of drug-likeness (QED) is 0.507. The molecule has 0 spiro atoms. The zero-order chi connectivity index (χ0) is 20.1. The van der Waals surface area contributed by atoms with Gasteiger partial charge in [0.15, 0.2) is 11.2 Å². The first-order chi connectivity index (χ1) is 14.0. The summed E-state index contributed by atoms with van der Waals surface area (Å²) in [6.07, 6.45) is 3.84. The lowest BCUT2D eigenvalue weighted by Crippen LogP contribution is -2.41. The molecule has 3 aromatic heterocycles. The average Bonchev–Trinajstić information content (AvgIpc) is 3.45. The van der Waals surface area contributed by atoms with E-state index in [4.69, 9.17) is 16.3 Å². The van der Waals surface area contributed by atoms with Gasteiger partial charge in [0.2, 0.25) is 0 Å². The van der Waals surface area contributed by atoms with Crippen LogP contribution in [0, 0.1) is 5.92 Å². The minimum atomic E-state index is -0.343. The van der Waals surface area contributed by atoms with Crippen molar-refractivity contribution < 1.29 is 4.74 Å². The van der Waals surface area contributed by atoms with Crippen LogP contribution >= 0.6 is 11.6 Å². The Kier molecular flexibility index (Phi) is 4.20. The number of ether oxygens (including phenoxy) is 1. The highest BCUT2D eigenvalue weighted by Gasteiger charge is 2.26. The molecule has 0 atom stereocenters. The fourth-order valence-corrected chi connectivity index (χ4v) is 3.87. The van der Waals surface area contributed by atoms with Crippen LogP contribution in [0.3, 0.4) is 0 Å². The predicted molar refractivity (Wildman–Crippen MR) is 111 cm³/mol. The van der Waals surface area contributed by atoms with Crippen molar-refractivity contribution in [1.82, 2.24) is 18.5 Å². The molecule has 0 aliphatic heterocycles. The van der Waals surface area contributed by atoms with Gasteiger partial charge in [-0.1, -0.05) is 23.7 Å². The van der Waals surface area contributed by atoms with Crippen LogP contribution in [0.15, 0.2) is 52.2 Å². The molecule has 0 unspecified atom stereocenters. The number of pyridine rings is 1. The molecule has 1 aliphatic carbocycles. The molecule has 8 heteroatoms. The summed E-state index contributed by atoms with van der Waals surface area (Å²) in [6.45, 7) is 0.717. The molecular formula is C21H19ClN4O3. The second kappa shape index (κ2) is 6.77. The summed E-state index contributed by atoms with van der Waals surface area (Å²) in [5.41, 5.74) is 1.53. The number of nitrogens with zero attached hydrogens (tertiary/aromatic N) is 4. The van der Waals surface area contributed by atoms with Crippen LogP contribution in [0.5, 0.6) is 5.75 Å². The lowest BCUT2D eigenvalue weighted by atomic mass is 10.2. The van der Waals surface area contributed by atoms with E-state index >= 15 is 0 Å². The van der Waals surface area contributed by atoms with Gasteiger partial charge < -0.3 is 4.74 Å². The van der Waals surface area contributed by atoms with E-state index in [1.165, 1.54) is 4.57 Å². The van der Waals surface area contributed by atoms with Gasteiger partial charge in [-0.15, -0.1) is 0 Å². The number of benzene rings is 1. The monoisotopic (exact) mass is 410 g/mol. The molecule has 0 saturated heterocycles. The summed E-state index contributed by atoms with van der Waals surface area (Å²) in [5, 5.41) is 0.595. The molecule has 29 heavy (non-hydrogen) atoms. The normalized spacial score (nSPS) is 14.0. The maximum atomic E-state index is 13.3. The lowest BCUT2D eigenvalue weighted by Gasteiger charge is -2.11. The highest BCUT2D eigenvalue weighted by atomic mass is 35.5. The van der Waals surface area contributed by atoms with Crippen molar-refractivity contribution >= 4 is 28.4 Å². The van der Waals surface area contributed by atoms with Gasteiger partial charge in [-0.3, -0.25) is 18.3 Å². The van der Waals surface area contributed by atoms with E-state index in [1.807, 2.05) is 18.2 Å². The molecule has 3 heterocycles. The third-order valence-corrected chi connectivity index (χ3v) is 5.58. The number of aromatic nitrogens is 4. The van der Waals surface area contributed by atoms with Gasteiger partial charge in [0.05, 0.1) is 13.7 Å². The first-order valence-corrected chi connectivity index (χ1v) is 9.87. The van der Waals surface area contributed by atoms with E-state index in [9.17, 15) is 9.59 Å². The molecule has 0 bridgehead atoms. The van der Waals surface area contributed by atoms with Gasteiger partial charge in [-0.25, -0.2) is 9.78 Å². The van der Waals surface area contributed by atoms with E-state index in [0.29, 0.717) is 40.0 Å². The first-order valence-electron chi connectivity index (χ1n) is 9.49. The Hall–Kier alpha value is -3.06. The fraction of sp³-hybridized carbons (Fsp3) is 0.286. The Morgan fingerprint density at radius 2 is 2.00 bits per heavy atom. The number of methoxy groups -OCH3 is 1. The maximum Gasteiger partial charge on any atom is 0.333 e. The highest BCUT2D eigenvalue weighted by Crippen LogP contribution is 2.30. The zero-order valence-corrected chi connectivity index (χ0v) is 16.6. The highest BCUT2D eigenvalue weighted by molar-refractivity contribution is 6.30. The molecule has 4 aromatic rings. The van der Waals surface area contributed by atoms with Crippen molar-refractivity contribution in [3.8, 4) is 5.75 Å². The zero-order valence-electron chi connectivity index (χ0n) is 15.8. The summed E-state index contributed by atoms with van der Waals surface area (Å²) in [7, 11) is 1.58. The van der Waals surface area contributed by atoms with Gasteiger partial charge >= 0.3 is 5.69 Å². The number of rotatable bonds is 5. The second-order valence-electron chi connectivity index (χ2n) is 7.44. The fourth-order valence-electron chi connectivity index (χ4n) is 3.66. The van der Waals surface area contributed by atoms with Crippen LogP contribution in [0.2, 0.25) is 5.02 Å². The largest absolute Gasteiger partial charge is 0.497 e. The molecular weight excluding hydrogens is 392 g/mol. The molecule has 1 fully saturated rings. The predicted octanol–water partition coefficient (Wildman–Crippen LogP) is 2.93. The van der Waals surface area contributed by atoms with Crippen LogP contribution in [-0.4, -0.2) is 25.6 Å². The molecule has 1 aliphatic rings. The lowest BCUT2D eigenvalue weighted by molar-refractivity contribution is 0.414. The summed E-state index contributed by atoms with van der Waals surface area (Å²) in [6, 6.07) is 10.9. The minimum absolute atomic E-state index is 0.280. The number of imidazole rings is 1. The van der Waals surface area contributed by atoms with Crippen LogP contribution in [-0.2, 0) is 13.1 Å². The summed E-state index contributed by atoms with van der Waals surface area (Å²) in [5.74, 6) is 1.02. The van der Waals surface area contributed by atoms with Crippen molar-refractivity contribution in [3.63, 3.8) is 0 Å². The van der Waals surface area contributed by atoms with E-state index in [2.05, 4.69) is 4.98 Å². The SMILES string of the molecule is COc1ccn2c(c1)nc1c2c(=O)n(CC2CC2)c(=O)n1Cc1cccc(Cl)c1. The van der Waals surface area contributed by atoms with E-state index in [0.717, 1.165) is 18.4 Å². The van der Waals surface area contributed by atoms with Gasteiger partial charge in [0.1, 0.15) is 11.4 Å². The number of hydrogen-bond acceptors (Lipinski definition) is 4. The van der Waals surface area contributed by atoms with E-state index < -0.39 is 0 Å². The standard InChI is InChI=1S/C21H19ClN4O3/c1-29-16-7-8-24-17(10-16)23-19-18(24)20(27)26(11-13-5-6-13)21(28)25(19)12-14-3-2-4-15(22)9-14/h2-4,7-10,13H,5-6,11-12H2,1H3. The van der Waals surface area contributed by atoms with Crippen LogP contribution in [0.25, 0.3) is 16.8 Å². The molecule has 0 amide bonds. The van der Waals surface area contributed by atoms with Crippen molar-refractivity contribution in [2.24, 2.45) is 5.92 Å². The smallest absolute Gasteiger partial charge is 0.333 e. The molecule has 1 aromatic carbocycles. The number of hydrogen-bond donors (Lipinski definition) is 0. The Labute approximate surface area is 170 Å². The third-order valence-electron chi connectivity index (χ3n) is 5.35. The Morgan fingerprint density at radius 3 is 2.72 bits per heavy atom. The summed E-state index contributed by atoms with van der Waals surface area (Å²) >= 11 is 6.12. The first kappa shape index (κ1) is 18.0. The molecule has 0 N–H and O–H groups in total. The minimum Gasteiger partial charge on any atom is -0.497 e. The number of fused-ring (bicyclic) bond motifs is 3. The van der Waals surface area contributed by atoms with Crippen LogP contribution in [0.4, 0.5) is 0 Å². The Balaban J connectivity index is 1.80. The van der Waals surface area contributed by atoms with Crippen molar-refractivity contribution in [2.75, 3.05) is 7.11 Å². The Morgan fingerprint density at radius 1 is 1.17 bits per heavy atom. The molecule has 148 valence electrons. The maximum absolute atomic E-state index is 13.3. The van der Waals surface area contributed by atoms with E-state index in [1.54, 1.807) is 40.5 Å². The topological polar surface area (TPSA) is 70.5 Å². The van der Waals surface area contributed by atoms with Gasteiger partial charge in [-0.05, 0) is 42.5 Å². The summed E-state index contributed by atoms with van der Waals surface area (Å²) < 4.78 is 9.91. The van der Waals surface area contributed by atoms with Gasteiger partial charge in [0, 0.05) is 23.8 Å². The summed E-state index contributed by atoms with van der Waals surface area (Å²) in [4.78, 5) is 31.1. The van der Waals surface area contributed by atoms with Gasteiger partial charge in [0.25, 0.3) is 5.56 Å². The van der Waals surface area contributed by atoms with E-state index in [-0.39, 0.29) is 17.8 Å². The third kappa shape index (κ3) is 3.11. The molecule has 1 saturated carbocycles. The van der Waals surface area contributed by atoms with Gasteiger partial charge in [-0.2, -0.15) is 0 Å². The van der Waals surface area contributed by atoms with Crippen molar-refractivity contribution in [1.29, 1.82) is 0 Å². The van der Waals surface area contributed by atoms with Crippen LogP contribution in [0.1, 0.15) is 18.4 Å². The van der Waals surface area contributed by atoms with Crippen LogP contribution < -0.4 is 16.0 Å². The van der Waals surface area contributed by atoms with Crippen molar-refractivity contribution in [2.45, 2.75) is 25.9 Å². The number of halogens is 1.